The van der Waals surface area contributed by atoms with E-state index in [9.17, 15) is 9.18 Å². The number of hydrogen-bond acceptors (Lipinski definition) is 4. The fourth-order valence-corrected chi connectivity index (χ4v) is 4.52. The van der Waals surface area contributed by atoms with E-state index in [4.69, 9.17) is 4.74 Å². The van der Waals surface area contributed by atoms with Crippen molar-refractivity contribution in [3.05, 3.63) is 65.0 Å². The molecule has 0 saturated carbocycles. The summed E-state index contributed by atoms with van der Waals surface area (Å²) in [7, 11) is 1.72. The molecule has 1 aliphatic carbocycles. The van der Waals surface area contributed by atoms with Crippen LogP contribution in [-0.2, 0) is 11.2 Å². The Bertz CT molecular complexity index is 967. The lowest BCUT2D eigenvalue weighted by atomic mass is 9.92. The Labute approximate surface area is 189 Å². The van der Waals surface area contributed by atoms with E-state index in [1.807, 2.05) is 18.2 Å². The number of nitrogens with one attached hydrogen (secondary N) is 1. The zero-order valence-electron chi connectivity index (χ0n) is 18.8. The third-order valence-corrected chi connectivity index (χ3v) is 6.37. The van der Waals surface area contributed by atoms with Crippen LogP contribution in [0.25, 0.3) is 6.08 Å². The number of carbonyl (C=O) groups excluding carboxylic acids is 1. The summed E-state index contributed by atoms with van der Waals surface area (Å²) < 4.78 is 18.8. The molecule has 1 amide bonds. The van der Waals surface area contributed by atoms with Crippen LogP contribution in [0.4, 0.5) is 10.1 Å². The molecule has 1 heterocycles. The first-order valence-corrected chi connectivity index (χ1v) is 11.5. The van der Waals surface area contributed by atoms with Crippen LogP contribution in [0.3, 0.4) is 0 Å². The summed E-state index contributed by atoms with van der Waals surface area (Å²) in [6.45, 7) is 5.81. The topological polar surface area (TPSA) is 44.8 Å². The normalized spacial score (nSPS) is 16.3. The number of carbonyl (C=O) groups is 1. The van der Waals surface area contributed by atoms with Gasteiger partial charge in [-0.15, -0.1) is 0 Å². The van der Waals surface area contributed by atoms with Crippen molar-refractivity contribution in [2.75, 3.05) is 51.3 Å². The van der Waals surface area contributed by atoms with Crippen LogP contribution in [0.1, 0.15) is 30.4 Å². The first-order chi connectivity index (χ1) is 15.6. The summed E-state index contributed by atoms with van der Waals surface area (Å²) >= 11 is 0. The van der Waals surface area contributed by atoms with Gasteiger partial charge in [0.1, 0.15) is 11.6 Å². The zero-order chi connectivity index (χ0) is 22.3. The highest BCUT2D eigenvalue weighted by Gasteiger charge is 2.19. The molecule has 5 nitrogen and oxygen atoms in total. The molecule has 1 N–H and O–H groups in total. The lowest BCUT2D eigenvalue weighted by Crippen LogP contribution is -2.46. The Morgan fingerprint density at radius 1 is 1.06 bits per heavy atom. The molecule has 1 aliphatic heterocycles. The SMILES string of the molecule is COc1ccccc1N1CCN(CCCCNC(=O)C2=Cc3ccc(F)cc3CC2)CC1. The minimum absolute atomic E-state index is 0.00500. The Morgan fingerprint density at radius 3 is 2.69 bits per heavy atom. The van der Waals surface area contributed by atoms with E-state index in [1.54, 1.807) is 19.2 Å². The maximum absolute atomic E-state index is 13.3. The number of halogens is 1. The van der Waals surface area contributed by atoms with Crippen LogP contribution in [0.5, 0.6) is 5.75 Å². The number of para-hydroxylation sites is 2. The van der Waals surface area contributed by atoms with Crippen LogP contribution in [0.15, 0.2) is 48.0 Å². The number of piperazine rings is 1. The maximum atomic E-state index is 13.3. The third kappa shape index (κ3) is 5.49. The number of benzene rings is 2. The van der Waals surface area contributed by atoms with E-state index in [0.29, 0.717) is 19.4 Å². The minimum Gasteiger partial charge on any atom is -0.495 e. The molecule has 6 heteroatoms. The molecule has 1 saturated heterocycles. The molecule has 0 unspecified atom stereocenters. The molecule has 0 bridgehead atoms. The Balaban J connectivity index is 1.15. The van der Waals surface area contributed by atoms with Crippen LogP contribution >= 0.6 is 0 Å². The Kier molecular flexibility index (Phi) is 7.43. The molecule has 4 rings (SSSR count). The van der Waals surface area contributed by atoms with E-state index in [0.717, 1.165) is 68.0 Å². The number of rotatable bonds is 8. The average molecular weight is 438 g/mol. The zero-order valence-corrected chi connectivity index (χ0v) is 18.8. The van der Waals surface area contributed by atoms with Crippen molar-refractivity contribution in [2.45, 2.75) is 25.7 Å². The van der Waals surface area contributed by atoms with E-state index >= 15 is 0 Å². The summed E-state index contributed by atoms with van der Waals surface area (Å²) in [5.74, 6) is 0.720. The number of nitrogens with zero attached hydrogens (tertiary/aromatic N) is 2. The minimum atomic E-state index is -0.216. The van der Waals surface area contributed by atoms with Crippen molar-refractivity contribution >= 4 is 17.7 Å². The van der Waals surface area contributed by atoms with Crippen molar-refractivity contribution in [1.82, 2.24) is 10.2 Å². The predicted molar refractivity (Wildman–Crippen MR) is 127 cm³/mol. The number of ether oxygens (including phenoxy) is 1. The highest BCUT2D eigenvalue weighted by Crippen LogP contribution is 2.28. The number of hydrogen-bond donors (Lipinski definition) is 1. The van der Waals surface area contributed by atoms with Crippen molar-refractivity contribution in [2.24, 2.45) is 0 Å². The lowest BCUT2D eigenvalue weighted by Gasteiger charge is -2.36. The summed E-state index contributed by atoms with van der Waals surface area (Å²) in [4.78, 5) is 17.4. The summed E-state index contributed by atoms with van der Waals surface area (Å²) in [5.41, 5.74) is 3.89. The molecule has 0 aromatic heterocycles. The van der Waals surface area contributed by atoms with Gasteiger partial charge in [-0.05, 0) is 73.7 Å². The Morgan fingerprint density at radius 2 is 1.88 bits per heavy atom. The fourth-order valence-electron chi connectivity index (χ4n) is 4.52. The van der Waals surface area contributed by atoms with Gasteiger partial charge >= 0.3 is 0 Å². The van der Waals surface area contributed by atoms with Gasteiger partial charge in [-0.25, -0.2) is 4.39 Å². The van der Waals surface area contributed by atoms with Gasteiger partial charge in [-0.1, -0.05) is 18.2 Å². The highest BCUT2D eigenvalue weighted by atomic mass is 19.1. The van der Waals surface area contributed by atoms with Crippen LogP contribution in [-0.4, -0.2) is 57.2 Å². The molecule has 0 radical (unpaired) electrons. The molecule has 0 spiro atoms. The molecule has 170 valence electrons. The molecule has 2 aliphatic rings. The smallest absolute Gasteiger partial charge is 0.247 e. The van der Waals surface area contributed by atoms with Gasteiger partial charge in [0.15, 0.2) is 0 Å². The fraction of sp³-hybridized carbons (Fsp3) is 0.423. The van der Waals surface area contributed by atoms with Crippen LogP contribution in [0.2, 0.25) is 0 Å². The quantitative estimate of drug-likeness (QED) is 0.637. The van der Waals surface area contributed by atoms with Gasteiger partial charge in [0.25, 0.3) is 0 Å². The number of methoxy groups -OCH3 is 1. The standard InChI is InChI=1S/C26H32FN3O2/c1-32-25-7-3-2-6-24(25)30-16-14-29(15-17-30)13-5-4-12-28-26(31)22-9-8-21-19-23(27)11-10-20(21)18-22/h2-3,6-7,10-11,18-19H,4-5,8-9,12-17H2,1H3,(H,28,31). The second kappa shape index (κ2) is 10.6. The molecule has 32 heavy (non-hydrogen) atoms. The first-order valence-electron chi connectivity index (χ1n) is 11.5. The maximum Gasteiger partial charge on any atom is 0.247 e. The molecule has 2 aromatic carbocycles. The van der Waals surface area contributed by atoms with Gasteiger partial charge in [0.2, 0.25) is 5.91 Å². The predicted octanol–water partition coefficient (Wildman–Crippen LogP) is 3.88. The molecule has 0 atom stereocenters. The van der Waals surface area contributed by atoms with Crippen molar-refractivity contribution in [1.29, 1.82) is 0 Å². The number of anilines is 1. The second-order valence-corrected chi connectivity index (χ2v) is 8.48. The molecular formula is C26H32FN3O2. The number of fused-ring (bicyclic) bond motifs is 1. The average Bonchev–Trinajstić information content (AvgIpc) is 2.83. The van der Waals surface area contributed by atoms with Gasteiger partial charge < -0.3 is 15.0 Å². The Hall–Kier alpha value is -2.86. The monoisotopic (exact) mass is 437 g/mol. The van der Waals surface area contributed by atoms with Crippen molar-refractivity contribution in [3.8, 4) is 5.75 Å². The number of amides is 1. The van der Waals surface area contributed by atoms with Crippen molar-refractivity contribution in [3.63, 3.8) is 0 Å². The third-order valence-electron chi connectivity index (χ3n) is 6.37. The van der Waals surface area contributed by atoms with Crippen molar-refractivity contribution < 1.29 is 13.9 Å². The summed E-state index contributed by atoms with van der Waals surface area (Å²) in [6, 6.07) is 13.0. The van der Waals surface area contributed by atoms with Gasteiger partial charge in [-0.3, -0.25) is 9.69 Å². The molecule has 2 aromatic rings. The second-order valence-electron chi connectivity index (χ2n) is 8.48. The summed E-state index contributed by atoms with van der Waals surface area (Å²) in [5, 5.41) is 3.05. The number of aryl methyl sites for hydroxylation is 1. The van der Waals surface area contributed by atoms with Crippen LogP contribution in [0, 0.1) is 5.82 Å². The van der Waals surface area contributed by atoms with Gasteiger partial charge in [-0.2, -0.15) is 0 Å². The molecule has 1 fully saturated rings. The van der Waals surface area contributed by atoms with E-state index in [-0.39, 0.29) is 11.7 Å². The summed E-state index contributed by atoms with van der Waals surface area (Å²) in [6.07, 6.45) is 5.31. The lowest BCUT2D eigenvalue weighted by molar-refractivity contribution is -0.117. The number of unbranched alkanes of at least 4 members (excludes halogenated alkanes) is 1. The highest BCUT2D eigenvalue weighted by molar-refractivity contribution is 5.98. The van der Waals surface area contributed by atoms with E-state index in [1.165, 1.54) is 11.8 Å². The molecular weight excluding hydrogens is 405 g/mol. The van der Waals surface area contributed by atoms with E-state index < -0.39 is 0 Å². The van der Waals surface area contributed by atoms with Crippen LogP contribution < -0.4 is 15.0 Å². The largest absolute Gasteiger partial charge is 0.495 e. The first kappa shape index (κ1) is 22.3. The van der Waals surface area contributed by atoms with Gasteiger partial charge in [0.05, 0.1) is 12.8 Å². The van der Waals surface area contributed by atoms with E-state index in [2.05, 4.69) is 27.2 Å². The van der Waals surface area contributed by atoms with Gasteiger partial charge in [0, 0.05) is 38.3 Å².